The molecule has 0 fully saturated rings. The van der Waals surface area contributed by atoms with Crippen LogP contribution in [0.3, 0.4) is 0 Å². The van der Waals surface area contributed by atoms with Crippen LogP contribution in [0.15, 0.2) is 97.1 Å². The van der Waals surface area contributed by atoms with Crippen molar-refractivity contribution < 1.29 is 4.74 Å². The molecule has 0 aromatic heterocycles. The quantitative estimate of drug-likeness (QED) is 0.338. The molecule has 0 amide bonds. The first-order valence-corrected chi connectivity index (χ1v) is 10.3. The molecule has 4 aromatic rings. The minimum absolute atomic E-state index is 0.0222. The molecule has 29 heavy (non-hydrogen) atoms. The van der Waals surface area contributed by atoms with Crippen LogP contribution >= 0.6 is 0 Å². The number of benzene rings is 4. The van der Waals surface area contributed by atoms with Gasteiger partial charge in [0.15, 0.2) is 0 Å². The molecule has 5 rings (SSSR count). The molecule has 1 heteroatoms. The zero-order valence-electron chi connectivity index (χ0n) is 16.6. The van der Waals surface area contributed by atoms with Crippen molar-refractivity contribution in [2.45, 2.75) is 19.4 Å². The molecule has 1 aliphatic carbocycles. The van der Waals surface area contributed by atoms with Crippen LogP contribution in [0.2, 0.25) is 0 Å². The molecule has 0 saturated carbocycles. The van der Waals surface area contributed by atoms with Crippen molar-refractivity contribution in [3.63, 3.8) is 0 Å². The number of hydrogen-bond donors (Lipinski definition) is 0. The molecule has 0 aliphatic heterocycles. The monoisotopic (exact) mass is 376 g/mol. The lowest BCUT2D eigenvalue weighted by Crippen LogP contribution is -2.12. The van der Waals surface area contributed by atoms with Crippen LogP contribution in [0, 0.1) is 0 Å². The highest BCUT2D eigenvalue weighted by Crippen LogP contribution is 2.47. The van der Waals surface area contributed by atoms with Gasteiger partial charge in [0.2, 0.25) is 0 Å². The maximum Gasteiger partial charge on any atom is 0.102 e. The lowest BCUT2D eigenvalue weighted by Gasteiger charge is -2.29. The Labute approximate surface area is 172 Å². The van der Waals surface area contributed by atoms with E-state index in [2.05, 4.69) is 104 Å². The summed E-state index contributed by atoms with van der Waals surface area (Å²) in [5, 5.41) is 2.60. The minimum Gasteiger partial charge on any atom is -0.370 e. The van der Waals surface area contributed by atoms with Gasteiger partial charge in [-0.1, -0.05) is 97.1 Å². The third-order valence-corrected chi connectivity index (χ3v) is 5.75. The van der Waals surface area contributed by atoms with Crippen molar-refractivity contribution in [3.8, 4) is 22.3 Å². The summed E-state index contributed by atoms with van der Waals surface area (Å²) in [6.45, 7) is 2.76. The Morgan fingerprint density at radius 1 is 0.724 bits per heavy atom. The third-order valence-electron chi connectivity index (χ3n) is 5.75. The summed E-state index contributed by atoms with van der Waals surface area (Å²) in [6, 6.07) is 30.3. The third kappa shape index (κ3) is 3.08. The summed E-state index contributed by atoms with van der Waals surface area (Å²) in [4.78, 5) is 0. The Balaban J connectivity index is 1.94. The van der Waals surface area contributed by atoms with Crippen LogP contribution in [0.25, 0.3) is 33.0 Å². The molecule has 0 bridgehead atoms. The summed E-state index contributed by atoms with van der Waals surface area (Å²) in [5.41, 5.74) is 7.86. The van der Waals surface area contributed by atoms with E-state index in [0.717, 1.165) is 6.42 Å². The summed E-state index contributed by atoms with van der Waals surface area (Å²) < 4.78 is 6.22. The van der Waals surface area contributed by atoms with Gasteiger partial charge in [0.05, 0.1) is 0 Å². The Morgan fingerprint density at radius 3 is 1.90 bits per heavy atom. The second kappa shape index (κ2) is 7.69. The van der Waals surface area contributed by atoms with Crippen molar-refractivity contribution in [1.82, 2.24) is 0 Å². The van der Waals surface area contributed by atoms with Gasteiger partial charge in [-0.3, -0.25) is 0 Å². The summed E-state index contributed by atoms with van der Waals surface area (Å²) in [7, 11) is 0. The molecule has 0 N–H and O–H groups in total. The molecule has 1 atom stereocenters. The first kappa shape index (κ1) is 17.9. The van der Waals surface area contributed by atoms with Gasteiger partial charge in [-0.25, -0.2) is 0 Å². The van der Waals surface area contributed by atoms with Crippen LogP contribution in [-0.4, -0.2) is 6.61 Å². The molecule has 142 valence electrons. The van der Waals surface area contributed by atoms with Crippen LogP contribution in [0.1, 0.15) is 24.2 Å². The van der Waals surface area contributed by atoms with E-state index in [0.29, 0.717) is 6.61 Å². The summed E-state index contributed by atoms with van der Waals surface area (Å²) >= 11 is 0. The predicted octanol–water partition coefficient (Wildman–Crippen LogP) is 7.36. The van der Waals surface area contributed by atoms with Gasteiger partial charge in [-0.05, 0) is 57.5 Å². The van der Waals surface area contributed by atoms with Gasteiger partial charge in [-0.15, -0.1) is 0 Å². The van der Waals surface area contributed by atoms with Crippen LogP contribution in [0.4, 0.5) is 0 Å². The normalized spacial score (nSPS) is 15.4. The average molecular weight is 376 g/mol. The standard InChI is InChI=1S/C28H24O/c1-2-29-25-19-11-18-24-26(20-12-5-3-6-13-20)22-16-9-10-17-23(22)27(28(24)25)21-14-7-4-8-15-21/h3-17,19,25H,2,18H2,1H3. The van der Waals surface area contributed by atoms with Gasteiger partial charge in [0, 0.05) is 6.61 Å². The fraction of sp³-hybridized carbons (Fsp3) is 0.143. The fourth-order valence-corrected chi connectivity index (χ4v) is 4.61. The lowest BCUT2D eigenvalue weighted by atomic mass is 9.79. The van der Waals surface area contributed by atoms with Crippen LogP contribution < -0.4 is 0 Å². The molecule has 0 saturated heterocycles. The molecule has 0 radical (unpaired) electrons. The molecule has 0 spiro atoms. The molecular formula is C28H24O. The average Bonchev–Trinajstić information content (AvgIpc) is 2.79. The van der Waals surface area contributed by atoms with Crippen LogP contribution in [0.5, 0.6) is 0 Å². The van der Waals surface area contributed by atoms with E-state index in [1.54, 1.807) is 0 Å². The van der Waals surface area contributed by atoms with E-state index >= 15 is 0 Å². The first-order valence-electron chi connectivity index (χ1n) is 10.3. The van der Waals surface area contributed by atoms with Gasteiger partial charge < -0.3 is 4.74 Å². The maximum absolute atomic E-state index is 6.22. The highest BCUT2D eigenvalue weighted by molar-refractivity contribution is 6.08. The molecular weight excluding hydrogens is 352 g/mol. The van der Waals surface area contributed by atoms with E-state index in [1.807, 2.05) is 0 Å². The predicted molar refractivity (Wildman–Crippen MR) is 122 cm³/mol. The van der Waals surface area contributed by atoms with Gasteiger partial charge in [0.25, 0.3) is 0 Å². The number of allylic oxidation sites excluding steroid dienone is 1. The second-order valence-electron chi connectivity index (χ2n) is 7.43. The van der Waals surface area contributed by atoms with E-state index in [1.165, 1.54) is 44.2 Å². The summed E-state index contributed by atoms with van der Waals surface area (Å²) in [5.74, 6) is 0. The first-order chi connectivity index (χ1) is 14.4. The zero-order valence-corrected chi connectivity index (χ0v) is 16.6. The number of ether oxygens (including phenoxy) is 1. The largest absolute Gasteiger partial charge is 0.370 e. The van der Waals surface area contributed by atoms with E-state index < -0.39 is 0 Å². The minimum atomic E-state index is -0.0222. The van der Waals surface area contributed by atoms with E-state index in [9.17, 15) is 0 Å². The fourth-order valence-electron chi connectivity index (χ4n) is 4.61. The van der Waals surface area contributed by atoms with Gasteiger partial charge in [0.1, 0.15) is 6.10 Å². The Kier molecular flexibility index (Phi) is 4.75. The zero-order chi connectivity index (χ0) is 19.6. The number of fused-ring (bicyclic) bond motifs is 2. The van der Waals surface area contributed by atoms with Crippen molar-refractivity contribution in [2.24, 2.45) is 0 Å². The van der Waals surface area contributed by atoms with Crippen LogP contribution in [-0.2, 0) is 11.2 Å². The molecule has 1 unspecified atom stereocenters. The number of hydrogen-bond acceptors (Lipinski definition) is 1. The SMILES string of the molecule is CCOC1C=CCc2c1c(-c1ccccc1)c1ccccc1c2-c1ccccc1. The topological polar surface area (TPSA) is 9.23 Å². The van der Waals surface area contributed by atoms with Crippen molar-refractivity contribution in [2.75, 3.05) is 6.61 Å². The smallest absolute Gasteiger partial charge is 0.102 e. The Morgan fingerprint density at radius 2 is 1.28 bits per heavy atom. The van der Waals surface area contributed by atoms with E-state index in [-0.39, 0.29) is 6.10 Å². The van der Waals surface area contributed by atoms with Crippen molar-refractivity contribution >= 4 is 10.8 Å². The number of rotatable bonds is 4. The molecule has 0 heterocycles. The highest BCUT2D eigenvalue weighted by Gasteiger charge is 2.27. The maximum atomic E-state index is 6.22. The highest BCUT2D eigenvalue weighted by atomic mass is 16.5. The molecule has 1 aliphatic rings. The van der Waals surface area contributed by atoms with Crippen molar-refractivity contribution in [1.29, 1.82) is 0 Å². The molecule has 4 aromatic carbocycles. The lowest BCUT2D eigenvalue weighted by molar-refractivity contribution is 0.0954. The molecule has 1 nitrogen and oxygen atoms in total. The van der Waals surface area contributed by atoms with Crippen molar-refractivity contribution in [3.05, 3.63) is 108 Å². The van der Waals surface area contributed by atoms with E-state index in [4.69, 9.17) is 4.74 Å². The summed E-state index contributed by atoms with van der Waals surface area (Å²) in [6.07, 6.45) is 5.39. The second-order valence-corrected chi connectivity index (χ2v) is 7.43. The Hall–Kier alpha value is -3.16. The Bertz CT molecular complexity index is 1170. The van der Waals surface area contributed by atoms with Gasteiger partial charge in [-0.2, -0.15) is 0 Å². The van der Waals surface area contributed by atoms with Gasteiger partial charge >= 0.3 is 0 Å².